The van der Waals surface area contributed by atoms with Gasteiger partial charge < -0.3 is 19.6 Å². The van der Waals surface area contributed by atoms with Crippen molar-refractivity contribution >= 4 is 46.0 Å². The van der Waals surface area contributed by atoms with E-state index >= 15 is 0 Å². The fraction of sp³-hybridized carbons (Fsp3) is 0.120. The molecule has 5 rings (SSSR count). The van der Waals surface area contributed by atoms with Crippen molar-refractivity contribution in [1.82, 2.24) is 15.0 Å². The molecule has 2 aromatic heterocycles. The number of carbonyl (C=O) groups is 2. The van der Waals surface area contributed by atoms with Crippen LogP contribution in [0.1, 0.15) is 17.2 Å². The number of imidazole rings is 1. The smallest absolute Gasteiger partial charge is 0.302 e. The Morgan fingerprint density at radius 1 is 1.09 bits per heavy atom. The molecule has 0 bridgehead atoms. The molecule has 1 aliphatic rings. The van der Waals surface area contributed by atoms with Crippen LogP contribution in [0.25, 0.3) is 16.8 Å². The van der Waals surface area contributed by atoms with Gasteiger partial charge in [-0.3, -0.25) is 19.5 Å². The average molecular weight is 491 g/mol. The number of carbonyl (C=O) groups excluding carboxylic acids is 2. The van der Waals surface area contributed by atoms with Crippen LogP contribution in [-0.2, 0) is 9.59 Å². The molecule has 9 nitrogen and oxygen atoms in total. The highest BCUT2D eigenvalue weighted by Crippen LogP contribution is 2.42. The highest BCUT2D eigenvalue weighted by Gasteiger charge is 2.48. The van der Waals surface area contributed by atoms with Crippen LogP contribution in [0.4, 0.5) is 5.95 Å². The number of hydrogen-bond acceptors (Lipinski definition) is 7. The van der Waals surface area contributed by atoms with Crippen molar-refractivity contribution in [2.75, 3.05) is 19.1 Å². The number of Topliss-reactive ketones (excluding diaryl/α,β-unsaturated/α-hetero) is 1. The van der Waals surface area contributed by atoms with Crippen LogP contribution in [-0.4, -0.2) is 46.0 Å². The maximum Gasteiger partial charge on any atom is 0.302 e. The molecule has 35 heavy (non-hydrogen) atoms. The van der Waals surface area contributed by atoms with Crippen molar-refractivity contribution in [1.29, 1.82) is 0 Å². The first-order valence-corrected chi connectivity index (χ1v) is 10.9. The summed E-state index contributed by atoms with van der Waals surface area (Å²) in [6.07, 6.45) is 3.11. The summed E-state index contributed by atoms with van der Waals surface area (Å²) in [7, 11) is 3.02. The first kappa shape index (κ1) is 22.4. The Labute approximate surface area is 204 Å². The molecule has 0 aliphatic carbocycles. The molecule has 1 atom stereocenters. The molecule has 176 valence electrons. The van der Waals surface area contributed by atoms with E-state index < -0.39 is 17.7 Å². The first-order valence-electron chi connectivity index (χ1n) is 10.5. The van der Waals surface area contributed by atoms with Crippen LogP contribution < -0.4 is 14.4 Å². The van der Waals surface area contributed by atoms with Gasteiger partial charge in [-0.15, -0.1) is 0 Å². The van der Waals surface area contributed by atoms with Gasteiger partial charge in [-0.25, -0.2) is 4.98 Å². The Balaban J connectivity index is 1.71. The van der Waals surface area contributed by atoms with Crippen LogP contribution >= 0.6 is 11.6 Å². The number of anilines is 1. The number of aromatic nitrogens is 3. The summed E-state index contributed by atoms with van der Waals surface area (Å²) in [6.45, 7) is 0. The summed E-state index contributed by atoms with van der Waals surface area (Å²) in [6, 6.07) is 12.1. The number of H-pyrrole nitrogens is 1. The zero-order valence-electron chi connectivity index (χ0n) is 18.7. The van der Waals surface area contributed by atoms with E-state index in [0.29, 0.717) is 38.7 Å². The predicted octanol–water partition coefficient (Wildman–Crippen LogP) is 4.25. The number of hydrogen-bond donors (Lipinski definition) is 2. The molecular formula is C25H19ClN4O5. The number of benzene rings is 2. The summed E-state index contributed by atoms with van der Waals surface area (Å²) in [5, 5.41) is 11.6. The molecule has 2 aromatic carbocycles. The molecule has 1 fully saturated rings. The molecule has 1 aliphatic heterocycles. The standard InChI is InChI=1S/C25H19ClN4O5/c1-34-18-10-16-17(11-19(18)35-2)29-25(28-16)30-21(14-4-3-9-27-12-14)20(23(32)24(30)33)22(31)13-5-7-15(26)8-6-13/h3-12,21,31H,1-2H3,(H,28,29)/b22-20+. The number of methoxy groups -OCH3 is 2. The number of nitrogens with one attached hydrogen (secondary N) is 1. The van der Waals surface area contributed by atoms with E-state index in [1.165, 1.54) is 25.3 Å². The second kappa shape index (κ2) is 8.77. The van der Waals surface area contributed by atoms with Crippen LogP contribution in [0.2, 0.25) is 5.02 Å². The van der Waals surface area contributed by atoms with E-state index in [1.807, 2.05) is 0 Å². The summed E-state index contributed by atoms with van der Waals surface area (Å²) in [5.41, 5.74) is 1.86. The lowest BCUT2D eigenvalue weighted by Crippen LogP contribution is -2.30. The van der Waals surface area contributed by atoms with E-state index in [2.05, 4.69) is 15.0 Å². The van der Waals surface area contributed by atoms with Gasteiger partial charge in [-0.2, -0.15) is 0 Å². The topological polar surface area (TPSA) is 118 Å². The zero-order valence-corrected chi connectivity index (χ0v) is 19.4. The van der Waals surface area contributed by atoms with Gasteiger partial charge in [-0.1, -0.05) is 17.7 Å². The van der Waals surface area contributed by atoms with Gasteiger partial charge in [0.15, 0.2) is 11.5 Å². The van der Waals surface area contributed by atoms with Crippen molar-refractivity contribution < 1.29 is 24.2 Å². The molecule has 3 heterocycles. The highest BCUT2D eigenvalue weighted by atomic mass is 35.5. The number of fused-ring (bicyclic) bond motifs is 1. The molecule has 1 saturated heterocycles. The summed E-state index contributed by atoms with van der Waals surface area (Å²) < 4.78 is 10.7. The van der Waals surface area contributed by atoms with Crippen LogP contribution in [0, 0.1) is 0 Å². The molecule has 4 aromatic rings. The van der Waals surface area contributed by atoms with E-state index in [1.54, 1.807) is 54.7 Å². The number of aliphatic hydroxyl groups excluding tert-OH is 1. The van der Waals surface area contributed by atoms with Gasteiger partial charge in [0, 0.05) is 35.1 Å². The van der Waals surface area contributed by atoms with Gasteiger partial charge in [0.05, 0.1) is 36.9 Å². The minimum absolute atomic E-state index is 0.0825. The van der Waals surface area contributed by atoms with E-state index in [4.69, 9.17) is 21.1 Å². The average Bonchev–Trinajstić information content (AvgIpc) is 3.41. The summed E-state index contributed by atoms with van der Waals surface area (Å²) in [5.74, 6) is -0.943. The van der Waals surface area contributed by atoms with Crippen molar-refractivity contribution in [2.24, 2.45) is 0 Å². The number of ether oxygens (including phenoxy) is 2. The maximum atomic E-state index is 13.3. The third kappa shape index (κ3) is 3.75. The lowest BCUT2D eigenvalue weighted by atomic mass is 9.96. The van der Waals surface area contributed by atoms with Gasteiger partial charge in [0.25, 0.3) is 5.78 Å². The number of rotatable bonds is 5. The van der Waals surface area contributed by atoms with E-state index in [-0.39, 0.29) is 17.3 Å². The SMILES string of the molecule is COc1cc2nc(N3C(=O)C(=O)/C(=C(/O)c4ccc(Cl)cc4)C3c3cccnc3)[nH]c2cc1OC. The van der Waals surface area contributed by atoms with Crippen molar-refractivity contribution in [3.63, 3.8) is 0 Å². The van der Waals surface area contributed by atoms with Crippen molar-refractivity contribution in [3.8, 4) is 11.5 Å². The van der Waals surface area contributed by atoms with Gasteiger partial charge in [0.1, 0.15) is 5.76 Å². The predicted molar refractivity (Wildman–Crippen MR) is 130 cm³/mol. The summed E-state index contributed by atoms with van der Waals surface area (Å²) >= 11 is 5.97. The normalized spacial score (nSPS) is 17.2. The van der Waals surface area contributed by atoms with Crippen LogP contribution in [0.5, 0.6) is 11.5 Å². The lowest BCUT2D eigenvalue weighted by molar-refractivity contribution is -0.132. The third-order valence-electron chi connectivity index (χ3n) is 5.77. The number of amides is 1. The minimum atomic E-state index is -0.969. The largest absolute Gasteiger partial charge is 0.507 e. The molecule has 0 spiro atoms. The molecular weight excluding hydrogens is 472 g/mol. The Morgan fingerprint density at radius 2 is 1.80 bits per heavy atom. The number of halogens is 1. The van der Waals surface area contributed by atoms with Crippen molar-refractivity contribution in [3.05, 3.63) is 82.6 Å². The molecule has 2 N–H and O–H groups in total. The number of pyridine rings is 1. The highest BCUT2D eigenvalue weighted by molar-refractivity contribution is 6.51. The molecule has 10 heteroatoms. The lowest BCUT2D eigenvalue weighted by Gasteiger charge is -2.22. The Hall–Kier alpha value is -4.37. The quantitative estimate of drug-likeness (QED) is 0.244. The monoisotopic (exact) mass is 490 g/mol. The number of aliphatic hydroxyl groups is 1. The number of ketones is 1. The molecule has 1 amide bonds. The second-order valence-electron chi connectivity index (χ2n) is 7.75. The van der Waals surface area contributed by atoms with Crippen LogP contribution in [0.15, 0.2) is 66.5 Å². The Morgan fingerprint density at radius 3 is 2.46 bits per heavy atom. The molecule has 0 saturated carbocycles. The fourth-order valence-corrected chi connectivity index (χ4v) is 4.23. The van der Waals surface area contributed by atoms with Crippen LogP contribution in [0.3, 0.4) is 0 Å². The minimum Gasteiger partial charge on any atom is -0.507 e. The van der Waals surface area contributed by atoms with E-state index in [0.717, 1.165) is 0 Å². The first-order chi connectivity index (χ1) is 16.9. The maximum absolute atomic E-state index is 13.3. The number of nitrogens with zero attached hydrogens (tertiary/aromatic N) is 3. The second-order valence-corrected chi connectivity index (χ2v) is 8.18. The molecule has 1 unspecified atom stereocenters. The number of aromatic amines is 1. The van der Waals surface area contributed by atoms with Gasteiger partial charge in [-0.05, 0) is 35.9 Å². The third-order valence-corrected chi connectivity index (χ3v) is 6.02. The molecule has 0 radical (unpaired) electrons. The zero-order chi connectivity index (χ0) is 24.7. The van der Waals surface area contributed by atoms with Crippen molar-refractivity contribution in [2.45, 2.75) is 6.04 Å². The van der Waals surface area contributed by atoms with E-state index in [9.17, 15) is 14.7 Å². The Bertz CT molecular complexity index is 1440. The fourth-order valence-electron chi connectivity index (χ4n) is 4.10. The van der Waals surface area contributed by atoms with Gasteiger partial charge in [0.2, 0.25) is 5.95 Å². The Kier molecular flexibility index (Phi) is 5.62. The van der Waals surface area contributed by atoms with Gasteiger partial charge >= 0.3 is 5.91 Å². The summed E-state index contributed by atoms with van der Waals surface area (Å²) in [4.78, 5) is 39.5.